The lowest BCUT2D eigenvalue weighted by Crippen LogP contribution is -2.25. The summed E-state index contributed by atoms with van der Waals surface area (Å²) in [7, 11) is 5.58. The molecule has 1 rings (SSSR count). The van der Waals surface area contributed by atoms with Crippen molar-refractivity contribution in [2.75, 3.05) is 21.2 Å². The van der Waals surface area contributed by atoms with E-state index in [1.807, 2.05) is 38.1 Å². The Morgan fingerprint density at radius 2 is 1.70 bits per heavy atom. The van der Waals surface area contributed by atoms with E-state index >= 15 is 0 Å². The van der Waals surface area contributed by atoms with Crippen LogP contribution in [0.1, 0.15) is 56.1 Å². The number of esters is 1. The molecule has 3 heteroatoms. The summed E-state index contributed by atoms with van der Waals surface area (Å²) in [6.45, 7) is 8.45. The minimum Gasteiger partial charge on any atom is -0.465 e. The van der Waals surface area contributed by atoms with Crippen molar-refractivity contribution in [3.63, 3.8) is 0 Å². The maximum absolute atomic E-state index is 11.4. The molecule has 0 radical (unpaired) electrons. The third kappa shape index (κ3) is 4.97. The molecule has 20 heavy (non-hydrogen) atoms. The summed E-state index contributed by atoms with van der Waals surface area (Å²) < 4.78 is 4.70. The van der Waals surface area contributed by atoms with E-state index in [1.165, 1.54) is 12.7 Å². The minimum atomic E-state index is -0.286. The lowest BCUT2D eigenvalue weighted by molar-refractivity contribution is 0.0600. The fourth-order valence-corrected chi connectivity index (χ4v) is 2.29. The van der Waals surface area contributed by atoms with Crippen molar-refractivity contribution in [3.8, 4) is 0 Å². The molecule has 1 unspecified atom stereocenters. The van der Waals surface area contributed by atoms with Crippen LogP contribution in [0.5, 0.6) is 0 Å². The van der Waals surface area contributed by atoms with Crippen LogP contribution < -0.4 is 0 Å². The fraction of sp³-hybridized carbons (Fsp3) is 0.588. The Hall–Kier alpha value is -1.35. The lowest BCUT2D eigenvalue weighted by Gasteiger charge is -2.30. The van der Waals surface area contributed by atoms with Gasteiger partial charge in [-0.2, -0.15) is 0 Å². The molecule has 1 aromatic rings. The Kier molecular flexibility index (Phi) is 8.89. The molecule has 0 aliphatic heterocycles. The number of carbonyl (C=O) groups excluding carboxylic acids is 1. The van der Waals surface area contributed by atoms with Gasteiger partial charge in [-0.3, -0.25) is 0 Å². The second-order valence-electron chi connectivity index (χ2n) is 4.91. The van der Waals surface area contributed by atoms with Gasteiger partial charge in [0.05, 0.1) is 12.7 Å². The molecule has 0 saturated carbocycles. The van der Waals surface area contributed by atoms with Crippen LogP contribution in [0.3, 0.4) is 0 Å². The molecule has 0 bridgehead atoms. The van der Waals surface area contributed by atoms with Gasteiger partial charge in [0.25, 0.3) is 0 Å². The first-order chi connectivity index (χ1) is 9.51. The first kappa shape index (κ1) is 18.7. The Morgan fingerprint density at radius 3 is 2.05 bits per heavy atom. The average Bonchev–Trinajstić information content (AvgIpc) is 2.48. The molecule has 0 aliphatic rings. The van der Waals surface area contributed by atoms with E-state index in [4.69, 9.17) is 4.74 Å². The van der Waals surface area contributed by atoms with Crippen LogP contribution in [0.15, 0.2) is 24.3 Å². The van der Waals surface area contributed by atoms with Crippen LogP contribution in [0.25, 0.3) is 0 Å². The van der Waals surface area contributed by atoms with Gasteiger partial charge in [-0.15, -0.1) is 0 Å². The minimum absolute atomic E-state index is 0.286. The number of hydrogen-bond acceptors (Lipinski definition) is 3. The van der Waals surface area contributed by atoms with E-state index in [-0.39, 0.29) is 5.97 Å². The van der Waals surface area contributed by atoms with Gasteiger partial charge in [-0.25, -0.2) is 4.79 Å². The highest BCUT2D eigenvalue weighted by molar-refractivity contribution is 5.89. The molecular weight excluding hydrogens is 250 g/mol. The smallest absolute Gasteiger partial charge is 0.337 e. The van der Waals surface area contributed by atoms with Crippen molar-refractivity contribution in [1.82, 2.24) is 4.90 Å². The summed E-state index contributed by atoms with van der Waals surface area (Å²) >= 11 is 0. The van der Waals surface area contributed by atoms with Crippen LogP contribution in [0.2, 0.25) is 0 Å². The number of nitrogens with zero attached hydrogens (tertiary/aromatic N) is 1. The predicted octanol–water partition coefficient (Wildman–Crippen LogP) is 4.15. The first-order valence-electron chi connectivity index (χ1n) is 7.36. The van der Waals surface area contributed by atoms with E-state index in [0.717, 1.165) is 6.42 Å². The van der Waals surface area contributed by atoms with Gasteiger partial charge in [0.15, 0.2) is 0 Å². The van der Waals surface area contributed by atoms with Crippen LogP contribution >= 0.6 is 0 Å². The lowest BCUT2D eigenvalue weighted by atomic mass is 9.91. The van der Waals surface area contributed by atoms with Crippen molar-refractivity contribution in [2.45, 2.75) is 40.2 Å². The monoisotopic (exact) mass is 279 g/mol. The number of methoxy groups -OCH3 is 1. The van der Waals surface area contributed by atoms with Crippen molar-refractivity contribution in [3.05, 3.63) is 35.4 Å². The van der Waals surface area contributed by atoms with Gasteiger partial charge in [0.1, 0.15) is 0 Å². The highest BCUT2D eigenvalue weighted by atomic mass is 16.5. The quantitative estimate of drug-likeness (QED) is 0.758. The van der Waals surface area contributed by atoms with Crippen molar-refractivity contribution >= 4 is 5.97 Å². The number of benzene rings is 1. The van der Waals surface area contributed by atoms with Crippen molar-refractivity contribution in [1.29, 1.82) is 0 Å². The van der Waals surface area contributed by atoms with Crippen molar-refractivity contribution in [2.24, 2.45) is 5.92 Å². The third-order valence-corrected chi connectivity index (χ3v) is 3.41. The van der Waals surface area contributed by atoms with Gasteiger partial charge < -0.3 is 9.64 Å². The molecule has 0 N–H and O–H groups in total. The number of ether oxygens (including phenoxy) is 1. The van der Waals surface area contributed by atoms with Crippen molar-refractivity contribution < 1.29 is 9.53 Å². The Labute approximate surface area is 123 Å². The molecule has 1 aromatic carbocycles. The second kappa shape index (κ2) is 9.54. The van der Waals surface area contributed by atoms with Crippen LogP contribution in [-0.2, 0) is 4.74 Å². The predicted molar refractivity (Wildman–Crippen MR) is 85.0 cm³/mol. The molecule has 0 heterocycles. The Morgan fingerprint density at radius 1 is 1.20 bits per heavy atom. The van der Waals surface area contributed by atoms with Gasteiger partial charge in [0, 0.05) is 6.04 Å². The molecule has 0 aliphatic carbocycles. The molecule has 0 fully saturated rings. The zero-order valence-electron chi connectivity index (χ0n) is 13.9. The van der Waals surface area contributed by atoms with E-state index in [2.05, 4.69) is 32.8 Å². The fourth-order valence-electron chi connectivity index (χ4n) is 2.29. The molecule has 0 amide bonds. The van der Waals surface area contributed by atoms with E-state index in [1.54, 1.807) is 0 Å². The molecule has 0 saturated heterocycles. The molecule has 2 atom stereocenters. The van der Waals surface area contributed by atoms with Crippen LogP contribution in [-0.4, -0.2) is 32.1 Å². The van der Waals surface area contributed by atoms with E-state index in [9.17, 15) is 4.79 Å². The summed E-state index contributed by atoms with van der Waals surface area (Å²) in [4.78, 5) is 13.6. The summed E-state index contributed by atoms with van der Waals surface area (Å²) in [5, 5.41) is 0. The van der Waals surface area contributed by atoms with Gasteiger partial charge >= 0.3 is 5.97 Å². The summed E-state index contributed by atoms with van der Waals surface area (Å²) in [6.07, 6.45) is 1.13. The largest absolute Gasteiger partial charge is 0.465 e. The van der Waals surface area contributed by atoms with E-state index in [0.29, 0.717) is 17.5 Å². The third-order valence-electron chi connectivity index (χ3n) is 3.41. The average molecular weight is 279 g/mol. The SMILES string of the molecule is CC.CC[C@@H](C)C(c1ccc(C(=O)OC)cc1)N(C)C. The maximum Gasteiger partial charge on any atom is 0.337 e. The maximum atomic E-state index is 11.4. The summed E-state index contributed by atoms with van der Waals surface area (Å²) in [5.74, 6) is 0.287. The first-order valence-corrected chi connectivity index (χ1v) is 7.36. The molecule has 0 spiro atoms. The van der Waals surface area contributed by atoms with Gasteiger partial charge in [0.2, 0.25) is 0 Å². The highest BCUT2D eigenvalue weighted by Crippen LogP contribution is 2.28. The normalized spacial score (nSPS) is 13.2. The summed E-state index contributed by atoms with van der Waals surface area (Å²) in [5.41, 5.74) is 1.84. The second-order valence-corrected chi connectivity index (χ2v) is 4.91. The Balaban J connectivity index is 0.00000172. The zero-order chi connectivity index (χ0) is 15.7. The number of rotatable bonds is 5. The number of hydrogen-bond donors (Lipinski definition) is 0. The molecule has 3 nitrogen and oxygen atoms in total. The van der Waals surface area contributed by atoms with Crippen LogP contribution in [0, 0.1) is 5.92 Å². The molecular formula is C17H29NO2. The summed E-state index contributed by atoms with van der Waals surface area (Å²) in [6, 6.07) is 8.08. The highest BCUT2D eigenvalue weighted by Gasteiger charge is 2.20. The molecule has 114 valence electrons. The zero-order valence-corrected chi connectivity index (χ0v) is 13.9. The standard InChI is InChI=1S/C15H23NO2.C2H6/c1-6-11(2)14(16(3)4)12-7-9-13(10-8-12)15(17)18-5;1-2/h7-11,14H,6H2,1-5H3;1-2H3/t11-,14?;/m1./s1. The van der Waals surface area contributed by atoms with Crippen LogP contribution in [0.4, 0.5) is 0 Å². The van der Waals surface area contributed by atoms with Gasteiger partial charge in [-0.05, 0) is 37.7 Å². The van der Waals surface area contributed by atoms with Gasteiger partial charge in [-0.1, -0.05) is 46.2 Å². The topological polar surface area (TPSA) is 29.5 Å². The van der Waals surface area contributed by atoms with E-state index < -0.39 is 0 Å². The Bertz CT molecular complexity index is 384. The number of carbonyl (C=O) groups is 1. The molecule has 0 aromatic heterocycles.